The van der Waals surface area contributed by atoms with Gasteiger partial charge in [-0.15, -0.1) is 0 Å². The van der Waals surface area contributed by atoms with Crippen LogP contribution in [0.5, 0.6) is 11.6 Å². The Labute approximate surface area is 182 Å². The van der Waals surface area contributed by atoms with Crippen LogP contribution < -0.4 is 14.9 Å². The van der Waals surface area contributed by atoms with Gasteiger partial charge in [-0.05, 0) is 35.4 Å². The number of hydrogen-bond acceptors (Lipinski definition) is 5. The normalized spacial score (nSPS) is 15.4. The van der Waals surface area contributed by atoms with E-state index >= 15 is 0 Å². The van der Waals surface area contributed by atoms with Crippen LogP contribution in [0, 0.1) is 5.41 Å². The van der Waals surface area contributed by atoms with Gasteiger partial charge in [-0.25, -0.2) is 4.79 Å². The highest BCUT2D eigenvalue weighted by Gasteiger charge is 2.39. The van der Waals surface area contributed by atoms with Crippen LogP contribution >= 0.6 is 0 Å². The summed E-state index contributed by atoms with van der Waals surface area (Å²) in [5, 5.41) is 10.3. The molecule has 1 aromatic carbocycles. The number of pyridine rings is 2. The van der Waals surface area contributed by atoms with Crippen LogP contribution in [0.15, 0.2) is 29.2 Å². The maximum atomic E-state index is 13.4. The molecule has 4 rings (SSSR count). The number of alkyl halides is 2. The molecule has 0 spiro atoms. The number of carbonyl (C=O) groups is 1. The van der Waals surface area contributed by atoms with Crippen molar-refractivity contribution in [3.8, 4) is 22.9 Å². The second kappa shape index (κ2) is 7.58. The largest absolute Gasteiger partial charge is 0.482 e. The third kappa shape index (κ3) is 3.37. The number of aromatic carboxylic acids is 1. The van der Waals surface area contributed by atoms with E-state index in [1.54, 1.807) is 12.1 Å². The minimum atomic E-state index is -3.06. The third-order valence-corrected chi connectivity index (χ3v) is 5.88. The van der Waals surface area contributed by atoms with E-state index in [4.69, 9.17) is 9.47 Å². The van der Waals surface area contributed by atoms with Crippen molar-refractivity contribution in [2.45, 2.75) is 39.7 Å². The molecule has 32 heavy (non-hydrogen) atoms. The van der Waals surface area contributed by atoms with Gasteiger partial charge in [-0.2, -0.15) is 8.78 Å². The molecule has 9 heteroatoms. The fourth-order valence-electron chi connectivity index (χ4n) is 4.44. The number of carboxylic acid groups (broad SMARTS) is 1. The molecule has 3 aromatic rings. The van der Waals surface area contributed by atoms with Gasteiger partial charge in [0.25, 0.3) is 0 Å². The molecule has 0 bridgehead atoms. The number of nitrogens with zero attached hydrogens (tertiary/aromatic N) is 1. The molecule has 1 aliphatic rings. The Kier molecular flexibility index (Phi) is 5.15. The monoisotopic (exact) mass is 444 g/mol. The summed E-state index contributed by atoms with van der Waals surface area (Å²) < 4.78 is 36.2. The molecule has 1 atom stereocenters. The number of nitrogens with one attached hydrogen (secondary N) is 1. The Bertz CT molecular complexity index is 1290. The summed E-state index contributed by atoms with van der Waals surface area (Å²) in [4.78, 5) is 32.4. The Morgan fingerprint density at radius 3 is 2.66 bits per heavy atom. The summed E-state index contributed by atoms with van der Waals surface area (Å²) in [6.45, 7) is 2.83. The fourth-order valence-corrected chi connectivity index (χ4v) is 4.44. The first-order valence-electron chi connectivity index (χ1n) is 9.97. The van der Waals surface area contributed by atoms with Crippen LogP contribution in [0.25, 0.3) is 22.2 Å². The van der Waals surface area contributed by atoms with Gasteiger partial charge in [-0.1, -0.05) is 26.8 Å². The highest BCUT2D eigenvalue weighted by Crippen LogP contribution is 2.49. The van der Waals surface area contributed by atoms with Crippen LogP contribution in [0.4, 0.5) is 8.78 Å². The Hall–Kier alpha value is -3.49. The summed E-state index contributed by atoms with van der Waals surface area (Å²) in [6.07, 6.45) is 1.90. The second-order valence-corrected chi connectivity index (χ2v) is 8.76. The number of carboxylic acids is 1. The molecular weight excluding hydrogens is 422 g/mol. The molecule has 1 aliphatic carbocycles. The van der Waals surface area contributed by atoms with E-state index in [0.717, 1.165) is 5.56 Å². The van der Waals surface area contributed by atoms with Crippen molar-refractivity contribution in [2.24, 2.45) is 5.41 Å². The molecule has 0 radical (unpaired) electrons. The van der Waals surface area contributed by atoms with Crippen molar-refractivity contribution in [3.05, 3.63) is 51.3 Å². The van der Waals surface area contributed by atoms with E-state index in [2.05, 4.69) is 9.97 Å². The first-order chi connectivity index (χ1) is 15.0. The van der Waals surface area contributed by atoms with Crippen molar-refractivity contribution >= 4 is 16.9 Å². The number of aromatic nitrogens is 2. The first kappa shape index (κ1) is 21.7. The third-order valence-electron chi connectivity index (χ3n) is 5.88. The predicted octanol–water partition coefficient (Wildman–Crippen LogP) is 4.58. The van der Waals surface area contributed by atoms with Gasteiger partial charge >= 0.3 is 12.6 Å². The highest BCUT2D eigenvalue weighted by molar-refractivity contribution is 5.96. The maximum Gasteiger partial charge on any atom is 0.387 e. The number of methoxy groups -OCH3 is 1. The fraction of sp³-hybridized carbons (Fsp3) is 0.348. The second-order valence-electron chi connectivity index (χ2n) is 8.76. The Morgan fingerprint density at radius 2 is 2.06 bits per heavy atom. The van der Waals surface area contributed by atoms with Crippen LogP contribution in [-0.4, -0.2) is 34.8 Å². The lowest BCUT2D eigenvalue weighted by molar-refractivity contribution is -0.0489. The van der Waals surface area contributed by atoms with E-state index in [1.165, 1.54) is 19.4 Å². The average Bonchev–Trinajstić information content (AvgIpc) is 2.71. The molecule has 0 unspecified atom stereocenters. The maximum absolute atomic E-state index is 13.4. The summed E-state index contributed by atoms with van der Waals surface area (Å²) in [7, 11) is 1.25. The molecule has 0 aliphatic heterocycles. The van der Waals surface area contributed by atoms with E-state index < -0.39 is 29.0 Å². The van der Waals surface area contributed by atoms with Gasteiger partial charge in [0.2, 0.25) is 11.3 Å². The quantitative estimate of drug-likeness (QED) is 0.611. The van der Waals surface area contributed by atoms with Crippen LogP contribution in [0.2, 0.25) is 0 Å². The number of halogens is 2. The molecular formula is C23H22F2N2O5. The molecule has 0 fully saturated rings. The summed E-state index contributed by atoms with van der Waals surface area (Å²) >= 11 is 0. The molecule has 0 saturated carbocycles. The number of fused-ring (bicyclic) bond motifs is 5. The molecule has 2 heterocycles. The topological polar surface area (TPSA) is 102 Å². The summed E-state index contributed by atoms with van der Waals surface area (Å²) in [6, 6.07) is 4.89. The Balaban J connectivity index is 2.15. The van der Waals surface area contributed by atoms with Crippen molar-refractivity contribution in [1.82, 2.24) is 9.97 Å². The van der Waals surface area contributed by atoms with Crippen LogP contribution in [-0.2, 0) is 6.42 Å². The number of hydrogen-bond donors (Lipinski definition) is 2. The molecule has 0 amide bonds. The standard InChI is InChI=1S/C23H22F2N2O5/c1-23(2,3)13-8-11-10-6-5-7-26-17(10)14(32-22(24)25)9-12(11)18-15(13)19(28)16(21(29)30)20(27-18)31-4/h5-7,9,13,22H,8H2,1-4H3,(H,27,28)(H,29,30)/t13-/m1/s1. The zero-order valence-corrected chi connectivity index (χ0v) is 18.0. The summed E-state index contributed by atoms with van der Waals surface area (Å²) in [5.41, 5.74) is 0.645. The molecule has 2 N–H and O–H groups in total. The summed E-state index contributed by atoms with van der Waals surface area (Å²) in [5.74, 6) is -2.09. The Morgan fingerprint density at radius 1 is 1.34 bits per heavy atom. The van der Waals surface area contributed by atoms with Gasteiger partial charge in [0.15, 0.2) is 11.3 Å². The zero-order chi connectivity index (χ0) is 23.4. The van der Waals surface area contributed by atoms with Crippen LogP contribution in [0.1, 0.15) is 48.2 Å². The van der Waals surface area contributed by atoms with E-state index in [0.29, 0.717) is 28.6 Å². The van der Waals surface area contributed by atoms with E-state index in [-0.39, 0.29) is 23.1 Å². The van der Waals surface area contributed by atoms with Gasteiger partial charge in [0.05, 0.1) is 12.8 Å². The minimum Gasteiger partial charge on any atom is -0.482 e. The first-order valence-corrected chi connectivity index (χ1v) is 9.97. The van der Waals surface area contributed by atoms with Crippen molar-refractivity contribution in [3.63, 3.8) is 0 Å². The van der Waals surface area contributed by atoms with Crippen molar-refractivity contribution < 1.29 is 28.2 Å². The lowest BCUT2D eigenvalue weighted by Crippen LogP contribution is -2.33. The number of rotatable bonds is 4. The van der Waals surface area contributed by atoms with Gasteiger partial charge in [0.1, 0.15) is 5.52 Å². The van der Waals surface area contributed by atoms with Gasteiger partial charge in [0, 0.05) is 22.7 Å². The number of aromatic amines is 1. The van der Waals surface area contributed by atoms with E-state index in [9.17, 15) is 23.5 Å². The van der Waals surface area contributed by atoms with Crippen molar-refractivity contribution in [1.29, 1.82) is 0 Å². The van der Waals surface area contributed by atoms with Crippen molar-refractivity contribution in [2.75, 3.05) is 7.11 Å². The molecule has 2 aromatic heterocycles. The lowest BCUT2D eigenvalue weighted by atomic mass is 9.68. The number of benzene rings is 1. The van der Waals surface area contributed by atoms with E-state index in [1.807, 2.05) is 20.8 Å². The SMILES string of the molecule is COc1[nH]c2c(c(=O)c1C(=O)O)[C@H](C(C)(C)C)Cc1c-2cc(OC(F)F)c2ncccc12. The minimum absolute atomic E-state index is 0.128. The molecule has 0 saturated heterocycles. The predicted molar refractivity (Wildman–Crippen MR) is 114 cm³/mol. The highest BCUT2D eigenvalue weighted by atomic mass is 19.3. The van der Waals surface area contributed by atoms with Crippen LogP contribution in [0.3, 0.4) is 0 Å². The lowest BCUT2D eigenvalue weighted by Gasteiger charge is -2.37. The van der Waals surface area contributed by atoms with Gasteiger partial charge in [-0.3, -0.25) is 9.78 Å². The number of H-pyrrole nitrogens is 1. The average molecular weight is 444 g/mol. The van der Waals surface area contributed by atoms with Gasteiger partial charge < -0.3 is 19.6 Å². The molecule has 168 valence electrons. The molecule has 7 nitrogen and oxygen atoms in total. The zero-order valence-electron chi connectivity index (χ0n) is 18.0. The number of ether oxygens (including phenoxy) is 2. The smallest absolute Gasteiger partial charge is 0.387 e.